The van der Waals surface area contributed by atoms with Gasteiger partial charge in [-0.1, -0.05) is 37.2 Å². The van der Waals surface area contributed by atoms with Crippen LogP contribution in [0.5, 0.6) is 0 Å². The van der Waals surface area contributed by atoms with Gasteiger partial charge in [0.15, 0.2) is 0 Å². The van der Waals surface area contributed by atoms with E-state index in [1.165, 1.54) is 24.2 Å². The SMILES string of the molecule is CCCCCc1nnc(NC(=O)Cc2cnc3c(C)cccn23)s1. The molecule has 24 heavy (non-hydrogen) atoms. The number of fused-ring (bicyclic) bond motifs is 1. The molecule has 6 nitrogen and oxygen atoms in total. The number of imidazole rings is 1. The average Bonchev–Trinajstić information content (AvgIpc) is 3.16. The molecule has 3 heterocycles. The normalized spacial score (nSPS) is 11.1. The first-order valence-corrected chi connectivity index (χ1v) is 9.03. The van der Waals surface area contributed by atoms with Crippen molar-refractivity contribution in [2.75, 3.05) is 5.32 Å². The molecule has 0 unspecified atom stereocenters. The van der Waals surface area contributed by atoms with Gasteiger partial charge in [-0.2, -0.15) is 0 Å². The Bertz CT molecular complexity index is 838. The number of aromatic nitrogens is 4. The van der Waals surface area contributed by atoms with E-state index in [0.717, 1.165) is 34.8 Å². The molecule has 126 valence electrons. The molecule has 0 fully saturated rings. The molecule has 1 N–H and O–H groups in total. The standard InChI is InChI=1S/C17H21N5OS/c1-3-4-5-8-15-20-21-17(24-15)19-14(23)10-13-11-18-16-12(2)7-6-9-22(13)16/h6-7,9,11H,3-5,8,10H2,1-2H3,(H,19,21,23). The molecule has 0 aliphatic carbocycles. The van der Waals surface area contributed by atoms with Crippen LogP contribution in [-0.2, 0) is 17.6 Å². The second-order valence-electron chi connectivity index (χ2n) is 5.82. The van der Waals surface area contributed by atoms with Crippen molar-refractivity contribution in [2.24, 2.45) is 0 Å². The first kappa shape index (κ1) is 16.6. The van der Waals surface area contributed by atoms with Crippen molar-refractivity contribution in [1.29, 1.82) is 0 Å². The van der Waals surface area contributed by atoms with E-state index in [1.54, 1.807) is 6.20 Å². The van der Waals surface area contributed by atoms with Gasteiger partial charge in [0.1, 0.15) is 10.7 Å². The summed E-state index contributed by atoms with van der Waals surface area (Å²) < 4.78 is 1.95. The van der Waals surface area contributed by atoms with E-state index in [2.05, 4.69) is 27.4 Å². The third-order valence-corrected chi connectivity index (χ3v) is 4.76. The summed E-state index contributed by atoms with van der Waals surface area (Å²) >= 11 is 1.45. The number of amides is 1. The lowest BCUT2D eigenvalue weighted by molar-refractivity contribution is -0.115. The number of nitrogens with zero attached hydrogens (tertiary/aromatic N) is 4. The second kappa shape index (κ2) is 7.53. The summed E-state index contributed by atoms with van der Waals surface area (Å²) in [5, 5.41) is 12.6. The van der Waals surface area contributed by atoms with Gasteiger partial charge in [0.05, 0.1) is 12.1 Å². The van der Waals surface area contributed by atoms with E-state index in [-0.39, 0.29) is 12.3 Å². The van der Waals surface area contributed by atoms with E-state index in [0.29, 0.717) is 5.13 Å². The molecule has 0 aliphatic heterocycles. The molecule has 7 heteroatoms. The quantitative estimate of drug-likeness (QED) is 0.667. The lowest BCUT2D eigenvalue weighted by atomic mass is 10.2. The van der Waals surface area contributed by atoms with E-state index >= 15 is 0 Å². The highest BCUT2D eigenvalue weighted by molar-refractivity contribution is 7.15. The average molecular weight is 343 g/mol. The van der Waals surface area contributed by atoms with Crippen molar-refractivity contribution >= 4 is 28.0 Å². The highest BCUT2D eigenvalue weighted by Crippen LogP contribution is 2.18. The minimum absolute atomic E-state index is 0.102. The summed E-state index contributed by atoms with van der Waals surface area (Å²) in [6.45, 7) is 4.18. The van der Waals surface area contributed by atoms with Crippen molar-refractivity contribution in [3.05, 3.63) is 40.8 Å². The van der Waals surface area contributed by atoms with Crippen LogP contribution in [0.1, 0.15) is 42.5 Å². The number of hydrogen-bond acceptors (Lipinski definition) is 5. The van der Waals surface area contributed by atoms with Crippen molar-refractivity contribution in [2.45, 2.75) is 46.0 Å². The summed E-state index contributed by atoms with van der Waals surface area (Å²) in [5.74, 6) is -0.102. The van der Waals surface area contributed by atoms with E-state index < -0.39 is 0 Å². The van der Waals surface area contributed by atoms with Crippen LogP contribution < -0.4 is 5.32 Å². The van der Waals surface area contributed by atoms with Gasteiger partial charge in [0.25, 0.3) is 0 Å². The van der Waals surface area contributed by atoms with Crippen molar-refractivity contribution in [3.8, 4) is 0 Å². The molecular weight excluding hydrogens is 322 g/mol. The number of hydrogen-bond donors (Lipinski definition) is 1. The number of pyridine rings is 1. The van der Waals surface area contributed by atoms with Crippen LogP contribution in [0.25, 0.3) is 5.65 Å². The van der Waals surface area contributed by atoms with Crippen LogP contribution in [0.2, 0.25) is 0 Å². The van der Waals surface area contributed by atoms with Gasteiger partial charge < -0.3 is 9.72 Å². The largest absolute Gasteiger partial charge is 0.303 e. The first-order valence-electron chi connectivity index (χ1n) is 8.21. The lowest BCUT2D eigenvalue weighted by Crippen LogP contribution is -2.15. The predicted molar refractivity (Wildman–Crippen MR) is 95.4 cm³/mol. The molecule has 0 aromatic carbocycles. The molecule has 0 atom stereocenters. The van der Waals surface area contributed by atoms with Gasteiger partial charge in [0, 0.05) is 18.8 Å². The molecule has 3 aromatic rings. The Balaban J connectivity index is 1.62. The molecule has 3 rings (SSSR count). The van der Waals surface area contributed by atoms with Gasteiger partial charge in [-0.25, -0.2) is 4.98 Å². The molecule has 0 saturated carbocycles. The van der Waals surface area contributed by atoms with E-state index in [1.807, 2.05) is 29.7 Å². The number of unbranched alkanes of at least 4 members (excludes halogenated alkanes) is 2. The maximum atomic E-state index is 12.3. The number of aryl methyl sites for hydroxylation is 2. The Morgan fingerprint density at radius 3 is 3.04 bits per heavy atom. The lowest BCUT2D eigenvalue weighted by Gasteiger charge is -2.03. The highest BCUT2D eigenvalue weighted by Gasteiger charge is 2.12. The zero-order chi connectivity index (χ0) is 16.9. The topological polar surface area (TPSA) is 72.2 Å². The van der Waals surface area contributed by atoms with Crippen LogP contribution >= 0.6 is 11.3 Å². The summed E-state index contributed by atoms with van der Waals surface area (Å²) in [6.07, 6.45) is 8.34. The van der Waals surface area contributed by atoms with Gasteiger partial charge in [-0.05, 0) is 25.0 Å². The van der Waals surface area contributed by atoms with Gasteiger partial charge in [0.2, 0.25) is 11.0 Å². The fourth-order valence-corrected chi connectivity index (χ4v) is 3.39. The Morgan fingerprint density at radius 1 is 1.33 bits per heavy atom. The molecule has 0 spiro atoms. The van der Waals surface area contributed by atoms with Crippen molar-refractivity contribution in [1.82, 2.24) is 19.6 Å². The van der Waals surface area contributed by atoms with Gasteiger partial charge in [-0.15, -0.1) is 10.2 Å². The maximum Gasteiger partial charge on any atom is 0.232 e. The van der Waals surface area contributed by atoms with Gasteiger partial charge in [-0.3, -0.25) is 4.79 Å². The van der Waals surface area contributed by atoms with E-state index in [4.69, 9.17) is 0 Å². The Labute approximate surface area is 145 Å². The number of nitrogens with one attached hydrogen (secondary N) is 1. The number of anilines is 1. The molecule has 0 saturated heterocycles. The molecule has 3 aromatic heterocycles. The monoisotopic (exact) mass is 343 g/mol. The Morgan fingerprint density at radius 2 is 2.21 bits per heavy atom. The van der Waals surface area contributed by atoms with Crippen LogP contribution in [0.4, 0.5) is 5.13 Å². The Hall–Kier alpha value is -2.28. The molecule has 1 amide bonds. The van der Waals surface area contributed by atoms with E-state index in [9.17, 15) is 4.79 Å². The summed E-state index contributed by atoms with van der Waals surface area (Å²) in [4.78, 5) is 16.6. The zero-order valence-electron chi connectivity index (χ0n) is 14.0. The Kier molecular flexibility index (Phi) is 5.20. The number of carbonyl (C=O) groups is 1. The van der Waals surface area contributed by atoms with Crippen LogP contribution in [0.3, 0.4) is 0 Å². The molecule has 0 bridgehead atoms. The minimum Gasteiger partial charge on any atom is -0.303 e. The summed E-state index contributed by atoms with van der Waals surface area (Å²) in [7, 11) is 0. The van der Waals surface area contributed by atoms with Crippen LogP contribution in [0.15, 0.2) is 24.5 Å². The molecule has 0 radical (unpaired) electrons. The fourth-order valence-electron chi connectivity index (χ4n) is 2.59. The number of rotatable bonds is 7. The minimum atomic E-state index is -0.102. The maximum absolute atomic E-state index is 12.3. The van der Waals surface area contributed by atoms with Crippen molar-refractivity contribution < 1.29 is 4.79 Å². The predicted octanol–water partition coefficient (Wildman–Crippen LogP) is 3.41. The summed E-state index contributed by atoms with van der Waals surface area (Å²) in [6, 6.07) is 3.96. The fraction of sp³-hybridized carbons (Fsp3) is 0.412. The van der Waals surface area contributed by atoms with Crippen LogP contribution in [0, 0.1) is 6.92 Å². The third-order valence-electron chi connectivity index (χ3n) is 3.86. The zero-order valence-corrected chi connectivity index (χ0v) is 14.8. The third kappa shape index (κ3) is 3.79. The smallest absolute Gasteiger partial charge is 0.232 e. The summed E-state index contributed by atoms with van der Waals surface area (Å²) in [5.41, 5.74) is 2.83. The molecular formula is C17H21N5OS. The highest BCUT2D eigenvalue weighted by atomic mass is 32.1. The molecule has 0 aliphatic rings. The van der Waals surface area contributed by atoms with Crippen LogP contribution in [-0.4, -0.2) is 25.5 Å². The second-order valence-corrected chi connectivity index (χ2v) is 6.88. The van der Waals surface area contributed by atoms with Gasteiger partial charge >= 0.3 is 0 Å². The first-order chi connectivity index (χ1) is 11.7. The van der Waals surface area contributed by atoms with Crippen molar-refractivity contribution in [3.63, 3.8) is 0 Å². The number of carbonyl (C=O) groups excluding carboxylic acids is 1.